The van der Waals surface area contributed by atoms with Gasteiger partial charge in [0, 0.05) is 12.6 Å². The molecular weight excluding hydrogens is 286 g/mol. The number of piperazine rings is 1. The minimum Gasteiger partial charge on any atom is -0.466 e. The number of hydrogen-bond donors (Lipinski definition) is 2. The Bertz CT molecular complexity index is 441. The lowest BCUT2D eigenvalue weighted by atomic mass is 9.85. The van der Waals surface area contributed by atoms with Crippen molar-refractivity contribution in [2.24, 2.45) is 0 Å². The number of carbonyl (C=O) groups is 3. The second-order valence-corrected chi connectivity index (χ2v) is 5.73. The fraction of sp³-hybridized carbons (Fsp3) is 0.800. The fourth-order valence-corrected chi connectivity index (χ4v) is 3.35. The standard InChI is InChI=1S/C15H25N3O4/c1-3-16-15(21)18-11-8-6-5-7-10(11)17-14(20)12(18)9-13(19)22-4-2/h10-12H,3-9H2,1-2H3,(H,16,21)(H,17,20)/t10-,11+,12+/m1/s1. The molecule has 124 valence electrons. The third kappa shape index (κ3) is 3.51. The van der Waals surface area contributed by atoms with Crippen molar-refractivity contribution >= 4 is 17.9 Å². The lowest BCUT2D eigenvalue weighted by Crippen LogP contribution is -2.69. The summed E-state index contributed by atoms with van der Waals surface area (Å²) < 4.78 is 4.94. The van der Waals surface area contributed by atoms with Crippen LogP contribution in [0.4, 0.5) is 4.79 Å². The summed E-state index contributed by atoms with van der Waals surface area (Å²) >= 11 is 0. The Balaban J connectivity index is 2.20. The molecule has 0 aromatic rings. The Morgan fingerprint density at radius 3 is 2.73 bits per heavy atom. The van der Waals surface area contributed by atoms with Gasteiger partial charge in [0.15, 0.2) is 0 Å². The molecule has 0 spiro atoms. The van der Waals surface area contributed by atoms with Crippen LogP contribution in [0.25, 0.3) is 0 Å². The van der Waals surface area contributed by atoms with Crippen LogP contribution < -0.4 is 10.6 Å². The molecule has 7 heteroatoms. The van der Waals surface area contributed by atoms with Crippen LogP contribution in [0.2, 0.25) is 0 Å². The van der Waals surface area contributed by atoms with E-state index in [1.165, 1.54) is 0 Å². The first kappa shape index (κ1) is 16.6. The van der Waals surface area contributed by atoms with Crippen LogP contribution in [0.5, 0.6) is 0 Å². The van der Waals surface area contributed by atoms with E-state index in [0.29, 0.717) is 6.54 Å². The molecule has 1 saturated heterocycles. The summed E-state index contributed by atoms with van der Waals surface area (Å²) in [6, 6.07) is -1.12. The van der Waals surface area contributed by atoms with Gasteiger partial charge in [-0.3, -0.25) is 9.59 Å². The highest BCUT2D eigenvalue weighted by molar-refractivity contribution is 5.92. The van der Waals surface area contributed by atoms with Gasteiger partial charge in [0.05, 0.1) is 19.1 Å². The van der Waals surface area contributed by atoms with Crippen LogP contribution in [0.15, 0.2) is 0 Å². The largest absolute Gasteiger partial charge is 0.466 e. The number of nitrogens with zero attached hydrogens (tertiary/aromatic N) is 1. The first-order chi connectivity index (χ1) is 10.6. The van der Waals surface area contributed by atoms with Crippen LogP contribution in [-0.2, 0) is 14.3 Å². The maximum atomic E-state index is 12.4. The second-order valence-electron chi connectivity index (χ2n) is 5.73. The lowest BCUT2D eigenvalue weighted by molar-refractivity contribution is -0.148. The van der Waals surface area contributed by atoms with Crippen molar-refractivity contribution in [3.63, 3.8) is 0 Å². The molecule has 0 aromatic heterocycles. The molecule has 2 aliphatic rings. The molecule has 3 atom stereocenters. The Kier molecular flexibility index (Phi) is 5.63. The number of urea groups is 1. The van der Waals surface area contributed by atoms with E-state index in [1.807, 2.05) is 6.92 Å². The third-order valence-electron chi connectivity index (χ3n) is 4.28. The number of rotatable bonds is 4. The van der Waals surface area contributed by atoms with Crippen molar-refractivity contribution < 1.29 is 19.1 Å². The highest BCUT2D eigenvalue weighted by Crippen LogP contribution is 2.29. The van der Waals surface area contributed by atoms with Gasteiger partial charge in [-0.25, -0.2) is 4.79 Å². The highest BCUT2D eigenvalue weighted by atomic mass is 16.5. The molecule has 2 N–H and O–H groups in total. The predicted molar refractivity (Wildman–Crippen MR) is 80.1 cm³/mol. The molecule has 2 rings (SSSR count). The van der Waals surface area contributed by atoms with Crippen LogP contribution >= 0.6 is 0 Å². The zero-order valence-corrected chi connectivity index (χ0v) is 13.3. The second kappa shape index (κ2) is 7.47. The predicted octanol–water partition coefficient (Wildman–Crippen LogP) is 0.781. The first-order valence-electron chi connectivity index (χ1n) is 8.10. The number of esters is 1. The van der Waals surface area contributed by atoms with Gasteiger partial charge in [-0.1, -0.05) is 12.8 Å². The number of carbonyl (C=O) groups excluding carboxylic acids is 3. The molecule has 1 heterocycles. The summed E-state index contributed by atoms with van der Waals surface area (Å²) in [7, 11) is 0. The van der Waals surface area contributed by atoms with E-state index < -0.39 is 12.0 Å². The molecule has 0 aromatic carbocycles. The van der Waals surface area contributed by atoms with E-state index >= 15 is 0 Å². The normalized spacial score (nSPS) is 27.6. The number of fused-ring (bicyclic) bond motifs is 1. The smallest absolute Gasteiger partial charge is 0.318 e. The van der Waals surface area contributed by atoms with Crippen LogP contribution in [-0.4, -0.2) is 54.1 Å². The molecule has 1 aliphatic carbocycles. The van der Waals surface area contributed by atoms with Crippen LogP contribution in [0.1, 0.15) is 46.0 Å². The van der Waals surface area contributed by atoms with E-state index in [1.54, 1.807) is 11.8 Å². The first-order valence-corrected chi connectivity index (χ1v) is 8.10. The summed E-state index contributed by atoms with van der Waals surface area (Å²) in [5.41, 5.74) is 0. The lowest BCUT2D eigenvalue weighted by Gasteiger charge is -2.47. The minimum atomic E-state index is -0.787. The Morgan fingerprint density at radius 1 is 1.32 bits per heavy atom. The maximum absolute atomic E-state index is 12.4. The minimum absolute atomic E-state index is 0.0118. The summed E-state index contributed by atoms with van der Waals surface area (Å²) in [5, 5.41) is 5.73. The topological polar surface area (TPSA) is 87.7 Å². The monoisotopic (exact) mass is 311 g/mol. The van der Waals surface area contributed by atoms with E-state index in [0.717, 1.165) is 25.7 Å². The van der Waals surface area contributed by atoms with Crippen molar-refractivity contribution in [2.75, 3.05) is 13.2 Å². The molecule has 1 aliphatic heterocycles. The summed E-state index contributed by atoms with van der Waals surface area (Å²) in [6.45, 7) is 4.30. The maximum Gasteiger partial charge on any atom is 0.318 e. The van der Waals surface area contributed by atoms with Gasteiger partial charge in [-0.15, -0.1) is 0 Å². The van der Waals surface area contributed by atoms with Crippen molar-refractivity contribution in [1.29, 1.82) is 0 Å². The van der Waals surface area contributed by atoms with Gasteiger partial charge in [0.25, 0.3) is 0 Å². The molecular formula is C15H25N3O4. The Hall–Kier alpha value is -1.79. The quantitative estimate of drug-likeness (QED) is 0.751. The zero-order valence-electron chi connectivity index (χ0n) is 13.3. The van der Waals surface area contributed by atoms with Crippen molar-refractivity contribution in [2.45, 2.75) is 64.1 Å². The van der Waals surface area contributed by atoms with Gasteiger partial charge in [0.2, 0.25) is 5.91 Å². The summed E-state index contributed by atoms with van der Waals surface area (Å²) in [6.07, 6.45) is 3.70. The van der Waals surface area contributed by atoms with Crippen molar-refractivity contribution in [1.82, 2.24) is 15.5 Å². The van der Waals surface area contributed by atoms with Gasteiger partial charge >= 0.3 is 12.0 Å². The van der Waals surface area contributed by atoms with Gasteiger partial charge in [0.1, 0.15) is 6.04 Å². The van der Waals surface area contributed by atoms with Crippen LogP contribution in [0, 0.1) is 0 Å². The Morgan fingerprint density at radius 2 is 2.05 bits per heavy atom. The molecule has 0 radical (unpaired) electrons. The molecule has 22 heavy (non-hydrogen) atoms. The number of amides is 3. The SMILES string of the molecule is CCNC(=O)N1[C@@H](CC(=O)OCC)C(=O)N[C@@H]2CCCC[C@@H]21. The molecule has 3 amide bonds. The van der Waals surface area contributed by atoms with Crippen LogP contribution in [0.3, 0.4) is 0 Å². The van der Waals surface area contributed by atoms with E-state index in [9.17, 15) is 14.4 Å². The van der Waals surface area contributed by atoms with Gasteiger partial charge in [-0.05, 0) is 26.7 Å². The van der Waals surface area contributed by atoms with Gasteiger partial charge < -0.3 is 20.3 Å². The van der Waals surface area contributed by atoms with E-state index in [4.69, 9.17) is 4.74 Å². The molecule has 7 nitrogen and oxygen atoms in total. The highest BCUT2D eigenvalue weighted by Gasteiger charge is 2.45. The molecule has 2 fully saturated rings. The molecule has 0 bridgehead atoms. The average Bonchev–Trinajstić information content (AvgIpc) is 2.48. The average molecular weight is 311 g/mol. The van der Waals surface area contributed by atoms with Crippen molar-refractivity contribution in [3.8, 4) is 0 Å². The number of hydrogen-bond acceptors (Lipinski definition) is 4. The van der Waals surface area contributed by atoms with Gasteiger partial charge in [-0.2, -0.15) is 0 Å². The van der Waals surface area contributed by atoms with E-state index in [2.05, 4.69) is 10.6 Å². The zero-order chi connectivity index (χ0) is 16.1. The third-order valence-corrected chi connectivity index (χ3v) is 4.28. The Labute approximate surface area is 130 Å². The number of ether oxygens (including phenoxy) is 1. The summed E-state index contributed by atoms with van der Waals surface area (Å²) in [5.74, 6) is -0.714. The number of nitrogens with one attached hydrogen (secondary N) is 2. The summed E-state index contributed by atoms with van der Waals surface area (Å²) in [4.78, 5) is 38.2. The van der Waals surface area contributed by atoms with Crippen molar-refractivity contribution in [3.05, 3.63) is 0 Å². The fourth-order valence-electron chi connectivity index (χ4n) is 3.35. The molecule has 0 unspecified atom stereocenters. The molecule has 1 saturated carbocycles. The van der Waals surface area contributed by atoms with E-state index in [-0.39, 0.29) is 37.0 Å².